The molecule has 9 nitrogen and oxygen atoms in total. The predicted molar refractivity (Wildman–Crippen MR) is 373 cm³/mol. The highest BCUT2D eigenvalue weighted by Crippen LogP contribution is 2.17. The lowest BCUT2D eigenvalue weighted by Gasteiger charge is -2.25. The fraction of sp³-hybridized carbons (Fsp3) is 0.679. The number of ether oxygens (including phenoxy) is 4. The molecule has 0 heterocycles. The zero-order valence-corrected chi connectivity index (χ0v) is 56.6. The standard InChI is InChI=1S/C78H131NO8/c1-6-8-10-12-14-16-18-20-22-24-26-28-30-32-34-35-36-37-38-39-40-41-43-44-46-48-50-52-54-56-58-60-62-64-66-68-75(80)85-72-74(73-86-78(77(82)83)84-71-70-79(3,4)5)87-76(81)69-67-65-63-61-59-57-55-53-51-49-47-45-42-33-31-29-27-25-23-21-19-17-15-13-11-9-7-2/h8-11,14-17,20-23,26-29,33,42,47,49,53,55,74,78H,6-7,12-13,18-19,24-25,30-32,34-41,43-46,48,50-52,54,56-73H2,1-5H3/p+1/b10-8-,11-9-,16-14-,17-15-,22-20-,23-21-,28-26-,29-27-,42-33-,49-47-,55-53-. The summed E-state index contributed by atoms with van der Waals surface area (Å²) < 4.78 is 23.0. The van der Waals surface area contributed by atoms with Crippen molar-refractivity contribution < 1.29 is 42.9 Å². The Labute approximate surface area is 535 Å². The number of likely N-dealkylation sites (N-methyl/N-ethyl adjacent to an activating group) is 1. The third-order valence-corrected chi connectivity index (χ3v) is 14.9. The summed E-state index contributed by atoms with van der Waals surface area (Å²) in [6.45, 7) is 4.64. The second-order valence-corrected chi connectivity index (χ2v) is 24.4. The van der Waals surface area contributed by atoms with Gasteiger partial charge in [0.15, 0.2) is 6.10 Å². The number of carbonyl (C=O) groups excluding carboxylic acids is 2. The van der Waals surface area contributed by atoms with E-state index >= 15 is 0 Å². The fourth-order valence-electron chi connectivity index (χ4n) is 9.58. The summed E-state index contributed by atoms with van der Waals surface area (Å²) in [6, 6.07) is 0. The van der Waals surface area contributed by atoms with Gasteiger partial charge in [-0.05, 0) is 109 Å². The van der Waals surface area contributed by atoms with Gasteiger partial charge in [0.2, 0.25) is 0 Å². The van der Waals surface area contributed by atoms with E-state index in [-0.39, 0.29) is 32.2 Å². The zero-order valence-electron chi connectivity index (χ0n) is 56.6. The summed E-state index contributed by atoms with van der Waals surface area (Å²) in [6.07, 6.45) is 94.3. The van der Waals surface area contributed by atoms with Crippen molar-refractivity contribution in [1.29, 1.82) is 0 Å². The molecule has 0 aromatic heterocycles. The van der Waals surface area contributed by atoms with Crippen molar-refractivity contribution in [3.05, 3.63) is 134 Å². The van der Waals surface area contributed by atoms with Crippen LogP contribution in [0.15, 0.2) is 134 Å². The van der Waals surface area contributed by atoms with Crippen molar-refractivity contribution in [2.45, 2.75) is 296 Å². The van der Waals surface area contributed by atoms with Crippen molar-refractivity contribution in [3.8, 4) is 0 Å². The lowest BCUT2D eigenvalue weighted by atomic mass is 10.0. The van der Waals surface area contributed by atoms with Gasteiger partial charge in [-0.2, -0.15) is 0 Å². The Morgan fingerprint density at radius 3 is 0.920 bits per heavy atom. The molecule has 496 valence electrons. The van der Waals surface area contributed by atoms with Crippen LogP contribution < -0.4 is 0 Å². The molecule has 0 aliphatic rings. The summed E-state index contributed by atoms with van der Waals surface area (Å²) in [7, 11) is 5.97. The number of hydrogen-bond donors (Lipinski definition) is 1. The Morgan fingerprint density at radius 2 is 0.621 bits per heavy atom. The molecule has 0 aliphatic carbocycles. The first-order valence-electron chi connectivity index (χ1n) is 35.3. The van der Waals surface area contributed by atoms with E-state index in [1.165, 1.54) is 128 Å². The molecule has 0 bridgehead atoms. The molecule has 0 spiro atoms. The van der Waals surface area contributed by atoms with Gasteiger partial charge in [-0.1, -0.05) is 295 Å². The average Bonchev–Trinajstić information content (AvgIpc) is 3.56. The number of nitrogens with zero attached hydrogens (tertiary/aromatic N) is 1. The largest absolute Gasteiger partial charge is 0.477 e. The van der Waals surface area contributed by atoms with Crippen molar-refractivity contribution in [1.82, 2.24) is 0 Å². The molecule has 0 saturated carbocycles. The highest BCUT2D eigenvalue weighted by molar-refractivity contribution is 5.71. The van der Waals surface area contributed by atoms with Gasteiger partial charge in [0.25, 0.3) is 6.29 Å². The van der Waals surface area contributed by atoms with Crippen molar-refractivity contribution in [2.24, 2.45) is 0 Å². The molecule has 2 unspecified atom stereocenters. The molecule has 0 aromatic rings. The SMILES string of the molecule is CC/C=C\C/C=C\C/C=C\C/C=C\C/C=C\C/C=C\C/C=C\CCCCCCCC(=O)OC(COC(=O)CCCCCCCCCCCCCCCCCCCCCCCC/C=C\C/C=C\C/C=C\C/C=C\CC)COC(OCC[N+](C)(C)C)C(=O)O. The van der Waals surface area contributed by atoms with Gasteiger partial charge in [-0.15, -0.1) is 0 Å². The minimum atomic E-state index is -1.52. The van der Waals surface area contributed by atoms with Gasteiger partial charge in [0.05, 0.1) is 34.4 Å². The molecular weight excluding hydrogens is 1080 g/mol. The summed E-state index contributed by atoms with van der Waals surface area (Å²) >= 11 is 0. The van der Waals surface area contributed by atoms with E-state index in [0.29, 0.717) is 23.9 Å². The van der Waals surface area contributed by atoms with Crippen molar-refractivity contribution >= 4 is 17.9 Å². The molecular formula is C78H132NO8+. The molecule has 0 saturated heterocycles. The van der Waals surface area contributed by atoms with Crippen molar-refractivity contribution in [3.63, 3.8) is 0 Å². The van der Waals surface area contributed by atoms with E-state index in [0.717, 1.165) is 122 Å². The number of carboxylic acids is 1. The number of carbonyl (C=O) groups is 3. The second-order valence-electron chi connectivity index (χ2n) is 24.4. The molecule has 9 heteroatoms. The van der Waals surface area contributed by atoms with Crippen LogP contribution in [-0.2, 0) is 33.3 Å². The fourth-order valence-corrected chi connectivity index (χ4v) is 9.58. The number of rotatable bonds is 64. The zero-order chi connectivity index (χ0) is 63.3. The normalized spacial score (nSPS) is 13.5. The maximum atomic E-state index is 12.9. The Balaban J connectivity index is 4.13. The molecule has 0 rings (SSSR count). The smallest absolute Gasteiger partial charge is 0.361 e. The molecule has 0 aliphatic heterocycles. The van der Waals surface area contributed by atoms with Gasteiger partial charge in [-0.3, -0.25) is 9.59 Å². The maximum Gasteiger partial charge on any atom is 0.361 e. The third-order valence-electron chi connectivity index (χ3n) is 14.9. The Hall–Kier alpha value is -4.57. The molecule has 1 N–H and O–H groups in total. The van der Waals surface area contributed by atoms with Crippen LogP contribution in [0.1, 0.15) is 284 Å². The van der Waals surface area contributed by atoms with Gasteiger partial charge in [0, 0.05) is 12.8 Å². The third kappa shape index (κ3) is 68.8. The lowest BCUT2D eigenvalue weighted by Crippen LogP contribution is -2.40. The Morgan fingerprint density at radius 1 is 0.345 bits per heavy atom. The summed E-state index contributed by atoms with van der Waals surface area (Å²) in [5.41, 5.74) is 0. The van der Waals surface area contributed by atoms with Crippen LogP contribution in [0.3, 0.4) is 0 Å². The van der Waals surface area contributed by atoms with Crippen molar-refractivity contribution in [2.75, 3.05) is 47.5 Å². The first-order chi connectivity index (χ1) is 42.6. The molecule has 0 aromatic carbocycles. The molecule has 0 fully saturated rings. The number of unbranched alkanes of at least 4 members (excludes halogenated alkanes) is 27. The maximum absolute atomic E-state index is 12.9. The molecule has 87 heavy (non-hydrogen) atoms. The molecule has 0 radical (unpaired) electrons. The van der Waals surface area contributed by atoms with Gasteiger partial charge >= 0.3 is 17.9 Å². The number of carboxylic acid groups (broad SMARTS) is 1. The van der Waals surface area contributed by atoms with E-state index in [1.807, 2.05) is 21.1 Å². The van der Waals surface area contributed by atoms with Crippen LogP contribution >= 0.6 is 0 Å². The minimum absolute atomic E-state index is 0.178. The molecule has 2 atom stereocenters. The average molecular weight is 1210 g/mol. The second kappa shape index (κ2) is 67.4. The number of hydrogen-bond acceptors (Lipinski definition) is 7. The van der Waals surface area contributed by atoms with E-state index in [1.54, 1.807) is 0 Å². The highest BCUT2D eigenvalue weighted by atomic mass is 16.7. The first kappa shape index (κ1) is 82.4. The van der Waals surface area contributed by atoms with Gasteiger partial charge in [0.1, 0.15) is 13.2 Å². The number of esters is 2. The van der Waals surface area contributed by atoms with E-state index in [2.05, 4.69) is 148 Å². The Bertz CT molecular complexity index is 1890. The van der Waals surface area contributed by atoms with E-state index in [4.69, 9.17) is 18.9 Å². The minimum Gasteiger partial charge on any atom is -0.477 e. The summed E-state index contributed by atoms with van der Waals surface area (Å²) in [5.74, 6) is -2.03. The number of aliphatic carboxylic acids is 1. The summed E-state index contributed by atoms with van der Waals surface area (Å²) in [4.78, 5) is 37.6. The van der Waals surface area contributed by atoms with Crippen LogP contribution in [0.5, 0.6) is 0 Å². The predicted octanol–water partition coefficient (Wildman–Crippen LogP) is 22.1. The Kier molecular flexibility index (Phi) is 63.8. The van der Waals surface area contributed by atoms with Gasteiger partial charge < -0.3 is 28.5 Å². The highest BCUT2D eigenvalue weighted by Gasteiger charge is 2.25. The van der Waals surface area contributed by atoms with Crippen LogP contribution in [-0.4, -0.2) is 87.4 Å². The number of quaternary nitrogens is 1. The monoisotopic (exact) mass is 1210 g/mol. The quantitative estimate of drug-likeness (QED) is 0.0211. The van der Waals surface area contributed by atoms with Crippen LogP contribution in [0.2, 0.25) is 0 Å². The number of allylic oxidation sites excluding steroid dienone is 22. The van der Waals surface area contributed by atoms with Crippen LogP contribution in [0.4, 0.5) is 0 Å². The van der Waals surface area contributed by atoms with E-state index < -0.39 is 24.3 Å². The lowest BCUT2D eigenvalue weighted by molar-refractivity contribution is -0.870. The first-order valence-corrected chi connectivity index (χ1v) is 35.3. The van der Waals surface area contributed by atoms with E-state index in [9.17, 15) is 19.5 Å². The topological polar surface area (TPSA) is 108 Å². The summed E-state index contributed by atoms with van der Waals surface area (Å²) in [5, 5.41) is 9.75. The van der Waals surface area contributed by atoms with Crippen LogP contribution in [0.25, 0.3) is 0 Å². The molecule has 0 amide bonds. The van der Waals surface area contributed by atoms with Gasteiger partial charge in [-0.25, -0.2) is 4.79 Å². The van der Waals surface area contributed by atoms with Crippen LogP contribution in [0, 0.1) is 0 Å².